The fraction of sp³-hybridized carbons (Fsp3) is 1.00. The van der Waals surface area contributed by atoms with Gasteiger partial charge in [0.15, 0.2) is 0 Å². The van der Waals surface area contributed by atoms with Crippen LogP contribution in [0.5, 0.6) is 0 Å². The Balaban J connectivity index is 2.30. The van der Waals surface area contributed by atoms with Crippen molar-refractivity contribution in [1.29, 1.82) is 0 Å². The van der Waals surface area contributed by atoms with Gasteiger partial charge in [0.25, 0.3) is 0 Å². The highest BCUT2D eigenvalue weighted by atomic mass is 32.2. The van der Waals surface area contributed by atoms with Gasteiger partial charge in [-0.15, -0.1) is 0 Å². The zero-order valence-corrected chi connectivity index (χ0v) is 9.81. The van der Waals surface area contributed by atoms with Crippen molar-refractivity contribution in [3.63, 3.8) is 0 Å². The normalized spacial score (nSPS) is 22.1. The molecule has 1 heterocycles. The van der Waals surface area contributed by atoms with Gasteiger partial charge in [-0.25, -0.2) is 8.42 Å². The molecule has 1 fully saturated rings. The zero-order valence-electron chi connectivity index (χ0n) is 8.99. The highest BCUT2D eigenvalue weighted by Crippen LogP contribution is 2.06. The summed E-state index contributed by atoms with van der Waals surface area (Å²) in [6.45, 7) is 6.21. The maximum Gasteiger partial charge on any atom is 0.147 e. The van der Waals surface area contributed by atoms with Gasteiger partial charge in [0, 0.05) is 38.5 Å². The highest BCUT2D eigenvalue weighted by Gasteiger charge is 2.17. The van der Waals surface area contributed by atoms with Crippen LogP contribution < -0.4 is 5.32 Å². The molecule has 1 aliphatic heterocycles. The van der Waals surface area contributed by atoms with E-state index < -0.39 is 9.84 Å². The lowest BCUT2D eigenvalue weighted by Crippen LogP contribution is -2.47. The molecule has 0 aromatic heterocycles. The molecule has 0 bridgehead atoms. The van der Waals surface area contributed by atoms with Crippen LogP contribution in [0.4, 0.5) is 0 Å². The van der Waals surface area contributed by atoms with Crippen molar-refractivity contribution in [1.82, 2.24) is 10.2 Å². The van der Waals surface area contributed by atoms with Crippen LogP contribution >= 0.6 is 0 Å². The molecule has 0 aromatic rings. The van der Waals surface area contributed by atoms with E-state index >= 15 is 0 Å². The zero-order chi connectivity index (χ0) is 10.6. The molecule has 1 N–H and O–H groups in total. The lowest BCUT2D eigenvalue weighted by Gasteiger charge is -2.32. The molecule has 0 saturated carbocycles. The number of hydrogen-bond donors (Lipinski definition) is 1. The van der Waals surface area contributed by atoms with E-state index in [1.165, 1.54) is 6.26 Å². The summed E-state index contributed by atoms with van der Waals surface area (Å²) < 4.78 is 22.0. The second-order valence-corrected chi connectivity index (χ2v) is 6.31. The fourth-order valence-corrected chi connectivity index (χ4v) is 2.46. The van der Waals surface area contributed by atoms with Crippen molar-refractivity contribution in [2.75, 3.05) is 38.2 Å². The summed E-state index contributed by atoms with van der Waals surface area (Å²) in [6, 6.07) is 0.381. The topological polar surface area (TPSA) is 49.4 Å². The molecular formula is C9H20N2O2S. The molecule has 1 atom stereocenters. The summed E-state index contributed by atoms with van der Waals surface area (Å²) >= 11 is 0. The summed E-state index contributed by atoms with van der Waals surface area (Å²) in [5.74, 6) is 0.304. The Morgan fingerprint density at radius 1 is 1.36 bits per heavy atom. The molecule has 0 aliphatic carbocycles. The summed E-state index contributed by atoms with van der Waals surface area (Å²) in [6.07, 6.45) is 2.05. The smallest absolute Gasteiger partial charge is 0.147 e. The Kier molecular flexibility index (Phi) is 4.34. The Morgan fingerprint density at radius 2 is 1.93 bits per heavy atom. The lowest BCUT2D eigenvalue weighted by atomic mass is 10.2. The Labute approximate surface area is 86.6 Å². The fourth-order valence-electron chi connectivity index (χ4n) is 1.69. The average Bonchev–Trinajstić information content (AvgIpc) is 2.14. The molecule has 84 valence electrons. The van der Waals surface area contributed by atoms with Gasteiger partial charge in [-0.1, -0.05) is 0 Å². The quantitative estimate of drug-likeness (QED) is 0.707. The first-order valence-electron chi connectivity index (χ1n) is 5.11. The highest BCUT2D eigenvalue weighted by molar-refractivity contribution is 7.90. The Bertz CT molecular complexity index is 258. The lowest BCUT2D eigenvalue weighted by molar-refractivity contribution is 0.181. The Morgan fingerprint density at radius 3 is 2.43 bits per heavy atom. The van der Waals surface area contributed by atoms with Gasteiger partial charge >= 0.3 is 0 Å². The van der Waals surface area contributed by atoms with Gasteiger partial charge in [-0.2, -0.15) is 0 Å². The molecule has 1 rings (SSSR count). The third-order valence-corrected chi connectivity index (χ3v) is 3.66. The van der Waals surface area contributed by atoms with E-state index in [1.807, 2.05) is 0 Å². The molecule has 0 amide bonds. The summed E-state index contributed by atoms with van der Waals surface area (Å²) in [7, 11) is -2.80. The second kappa shape index (κ2) is 5.09. The minimum Gasteiger partial charge on any atom is -0.314 e. The van der Waals surface area contributed by atoms with Gasteiger partial charge < -0.3 is 5.32 Å². The summed E-state index contributed by atoms with van der Waals surface area (Å²) in [5.41, 5.74) is 0. The van der Waals surface area contributed by atoms with Gasteiger partial charge in [0.1, 0.15) is 9.84 Å². The van der Waals surface area contributed by atoms with Crippen LogP contribution in [0, 0.1) is 0 Å². The summed E-state index contributed by atoms with van der Waals surface area (Å²) in [4.78, 5) is 2.35. The van der Waals surface area contributed by atoms with E-state index in [9.17, 15) is 8.42 Å². The monoisotopic (exact) mass is 220 g/mol. The summed E-state index contributed by atoms with van der Waals surface area (Å²) in [5, 5.41) is 3.28. The van der Waals surface area contributed by atoms with Gasteiger partial charge in [0.05, 0.1) is 5.75 Å². The number of piperazine rings is 1. The molecule has 4 nitrogen and oxygen atoms in total. The van der Waals surface area contributed by atoms with Gasteiger partial charge in [-0.05, 0) is 13.3 Å². The molecule has 14 heavy (non-hydrogen) atoms. The van der Waals surface area contributed by atoms with Crippen molar-refractivity contribution in [2.24, 2.45) is 0 Å². The molecule has 1 unspecified atom stereocenters. The third-order valence-electron chi connectivity index (χ3n) is 2.68. The third kappa shape index (κ3) is 4.39. The maximum atomic E-state index is 11.0. The molecular weight excluding hydrogens is 200 g/mol. The predicted octanol–water partition coefficient (Wildman–Crippen LogP) is -0.285. The van der Waals surface area contributed by atoms with Crippen LogP contribution in [-0.4, -0.2) is 57.5 Å². The minimum atomic E-state index is -2.80. The van der Waals surface area contributed by atoms with E-state index in [0.29, 0.717) is 11.8 Å². The number of sulfone groups is 1. The largest absolute Gasteiger partial charge is 0.314 e. The molecule has 5 heteroatoms. The molecule has 1 aliphatic rings. The number of nitrogens with one attached hydrogen (secondary N) is 1. The number of hydrogen-bond acceptors (Lipinski definition) is 4. The second-order valence-electron chi connectivity index (χ2n) is 4.05. The van der Waals surface area contributed by atoms with Crippen LogP contribution in [0.15, 0.2) is 0 Å². The maximum absolute atomic E-state index is 11.0. The molecule has 0 spiro atoms. The molecule has 0 radical (unpaired) electrons. The van der Waals surface area contributed by atoms with Crippen molar-refractivity contribution in [3.8, 4) is 0 Å². The molecule has 1 saturated heterocycles. The first kappa shape index (κ1) is 11.9. The van der Waals surface area contributed by atoms with E-state index in [4.69, 9.17) is 0 Å². The van der Waals surface area contributed by atoms with Crippen LogP contribution in [0.3, 0.4) is 0 Å². The van der Waals surface area contributed by atoms with Crippen molar-refractivity contribution >= 4 is 9.84 Å². The SMILES string of the molecule is CC(CCS(C)(=O)=O)N1CCNCC1. The van der Waals surface area contributed by atoms with Crippen molar-refractivity contribution < 1.29 is 8.42 Å². The Hall–Kier alpha value is -0.130. The van der Waals surface area contributed by atoms with Crippen LogP contribution in [-0.2, 0) is 9.84 Å². The first-order chi connectivity index (χ1) is 6.49. The van der Waals surface area contributed by atoms with Crippen LogP contribution in [0.25, 0.3) is 0 Å². The van der Waals surface area contributed by atoms with Gasteiger partial charge in [0.2, 0.25) is 0 Å². The van der Waals surface area contributed by atoms with Crippen LogP contribution in [0.1, 0.15) is 13.3 Å². The predicted molar refractivity (Wildman–Crippen MR) is 58.2 cm³/mol. The van der Waals surface area contributed by atoms with E-state index in [0.717, 1.165) is 32.6 Å². The number of rotatable bonds is 4. The average molecular weight is 220 g/mol. The minimum absolute atomic E-state index is 0.304. The van der Waals surface area contributed by atoms with Crippen molar-refractivity contribution in [2.45, 2.75) is 19.4 Å². The standard InChI is InChI=1S/C9H20N2O2S/c1-9(3-8-14(2,12)13)11-6-4-10-5-7-11/h9-10H,3-8H2,1-2H3. The van der Waals surface area contributed by atoms with E-state index in [-0.39, 0.29) is 0 Å². The molecule has 0 aromatic carbocycles. The van der Waals surface area contributed by atoms with E-state index in [2.05, 4.69) is 17.1 Å². The number of nitrogens with zero attached hydrogens (tertiary/aromatic N) is 1. The van der Waals surface area contributed by atoms with Gasteiger partial charge in [-0.3, -0.25) is 4.90 Å². The first-order valence-corrected chi connectivity index (χ1v) is 7.17. The van der Waals surface area contributed by atoms with E-state index in [1.54, 1.807) is 0 Å². The van der Waals surface area contributed by atoms with Crippen LogP contribution in [0.2, 0.25) is 0 Å². The van der Waals surface area contributed by atoms with Crippen molar-refractivity contribution in [3.05, 3.63) is 0 Å².